The van der Waals surface area contributed by atoms with E-state index in [-0.39, 0.29) is 27.3 Å². The number of ketones is 1. The third-order valence-corrected chi connectivity index (χ3v) is 5.78. The maximum Gasteiger partial charge on any atom is 0.338 e. The largest absolute Gasteiger partial charge is 0.454 e. The number of aryl methyl sites for hydroxylation is 1. The summed E-state index contributed by atoms with van der Waals surface area (Å²) in [6.07, 6.45) is 0. The van der Waals surface area contributed by atoms with Gasteiger partial charge in [-0.1, -0.05) is 41.4 Å². The van der Waals surface area contributed by atoms with Crippen molar-refractivity contribution in [3.05, 3.63) is 98.5 Å². The molecule has 0 saturated heterocycles. The summed E-state index contributed by atoms with van der Waals surface area (Å²) in [7, 11) is 0. The smallest absolute Gasteiger partial charge is 0.338 e. The molecule has 0 saturated carbocycles. The molecule has 0 fully saturated rings. The predicted octanol–water partition coefficient (Wildman–Crippen LogP) is 5.14. The molecule has 0 aromatic heterocycles. The zero-order valence-corrected chi connectivity index (χ0v) is 18.2. The third-order valence-electron chi connectivity index (χ3n) is 5.04. The van der Waals surface area contributed by atoms with Gasteiger partial charge >= 0.3 is 5.97 Å². The average molecular weight is 468 g/mol. The number of nitrogens with zero attached hydrogens (tertiary/aromatic N) is 1. The molecular weight excluding hydrogens is 453 g/mol. The molecule has 4 rings (SSSR count). The summed E-state index contributed by atoms with van der Waals surface area (Å²) < 4.78 is 5.09. The first kappa shape index (κ1) is 21.7. The summed E-state index contributed by atoms with van der Waals surface area (Å²) in [5.41, 5.74) is 1.66. The van der Waals surface area contributed by atoms with Crippen molar-refractivity contribution in [2.24, 2.45) is 0 Å². The maximum atomic E-state index is 12.9. The number of Topliss-reactive ketones (excluding diaryl/α,β-unsaturated/α-hetero) is 1. The lowest BCUT2D eigenvalue weighted by Gasteiger charge is -2.14. The molecule has 0 radical (unpaired) electrons. The van der Waals surface area contributed by atoms with Crippen molar-refractivity contribution >= 4 is 52.5 Å². The number of benzene rings is 3. The highest BCUT2D eigenvalue weighted by atomic mass is 35.5. The van der Waals surface area contributed by atoms with Crippen LogP contribution in [-0.2, 0) is 4.74 Å². The van der Waals surface area contributed by atoms with Crippen molar-refractivity contribution in [2.75, 3.05) is 11.5 Å². The molecule has 0 atom stereocenters. The minimum absolute atomic E-state index is 0.0423. The van der Waals surface area contributed by atoms with E-state index in [2.05, 4.69) is 0 Å². The van der Waals surface area contributed by atoms with Crippen LogP contribution in [0.5, 0.6) is 0 Å². The number of fused-ring (bicyclic) bond motifs is 1. The van der Waals surface area contributed by atoms with Crippen LogP contribution in [0.4, 0.5) is 5.69 Å². The fourth-order valence-electron chi connectivity index (χ4n) is 3.30. The van der Waals surface area contributed by atoms with E-state index in [0.717, 1.165) is 10.5 Å². The zero-order valence-electron chi connectivity index (χ0n) is 16.7. The maximum absolute atomic E-state index is 12.9. The number of carbonyl (C=O) groups excluding carboxylic acids is 4. The van der Waals surface area contributed by atoms with E-state index in [9.17, 15) is 19.2 Å². The lowest BCUT2D eigenvalue weighted by atomic mass is 10.1. The van der Waals surface area contributed by atoms with Crippen LogP contribution in [0.2, 0.25) is 10.0 Å². The van der Waals surface area contributed by atoms with Crippen LogP contribution in [0.3, 0.4) is 0 Å². The first-order valence-corrected chi connectivity index (χ1v) is 10.3. The van der Waals surface area contributed by atoms with Crippen LogP contribution in [0.1, 0.15) is 47.0 Å². The van der Waals surface area contributed by atoms with Crippen molar-refractivity contribution < 1.29 is 23.9 Å². The van der Waals surface area contributed by atoms with Gasteiger partial charge in [-0.25, -0.2) is 9.69 Å². The molecular formula is C24H15Cl2NO5. The van der Waals surface area contributed by atoms with Crippen LogP contribution >= 0.6 is 23.2 Å². The highest BCUT2D eigenvalue weighted by Gasteiger charge is 2.37. The second-order valence-corrected chi connectivity index (χ2v) is 7.93. The molecule has 160 valence electrons. The Labute approximate surface area is 193 Å². The Balaban J connectivity index is 1.53. The van der Waals surface area contributed by atoms with E-state index in [1.165, 1.54) is 30.3 Å². The molecule has 32 heavy (non-hydrogen) atoms. The molecule has 0 unspecified atom stereocenters. The van der Waals surface area contributed by atoms with E-state index >= 15 is 0 Å². The van der Waals surface area contributed by atoms with Crippen molar-refractivity contribution in [1.29, 1.82) is 0 Å². The van der Waals surface area contributed by atoms with Gasteiger partial charge in [0.15, 0.2) is 6.61 Å². The molecule has 2 amide bonds. The Hall–Kier alpha value is -3.48. The van der Waals surface area contributed by atoms with Gasteiger partial charge in [-0.3, -0.25) is 14.4 Å². The van der Waals surface area contributed by atoms with Crippen LogP contribution in [-0.4, -0.2) is 30.2 Å². The van der Waals surface area contributed by atoms with Gasteiger partial charge in [-0.2, -0.15) is 0 Å². The van der Waals surface area contributed by atoms with Gasteiger partial charge in [0.05, 0.1) is 27.4 Å². The number of rotatable bonds is 5. The van der Waals surface area contributed by atoms with E-state index in [4.69, 9.17) is 27.9 Å². The molecule has 0 aliphatic carbocycles. The fourth-order valence-corrected chi connectivity index (χ4v) is 3.72. The molecule has 1 aliphatic rings. The van der Waals surface area contributed by atoms with Gasteiger partial charge in [0.1, 0.15) is 0 Å². The van der Waals surface area contributed by atoms with Gasteiger partial charge in [0.25, 0.3) is 11.8 Å². The molecule has 0 spiro atoms. The number of halogens is 2. The number of ether oxygens (including phenoxy) is 1. The summed E-state index contributed by atoms with van der Waals surface area (Å²) in [4.78, 5) is 51.4. The van der Waals surface area contributed by atoms with Gasteiger partial charge in [0, 0.05) is 10.6 Å². The monoisotopic (exact) mass is 467 g/mol. The zero-order chi connectivity index (χ0) is 23.0. The molecule has 3 aromatic carbocycles. The van der Waals surface area contributed by atoms with Crippen LogP contribution in [0, 0.1) is 6.92 Å². The molecule has 6 nitrogen and oxygen atoms in total. The number of hydrogen-bond donors (Lipinski definition) is 0. The Morgan fingerprint density at radius 2 is 1.59 bits per heavy atom. The van der Waals surface area contributed by atoms with Crippen LogP contribution in [0.25, 0.3) is 0 Å². The second-order valence-electron chi connectivity index (χ2n) is 7.12. The molecule has 3 aromatic rings. The van der Waals surface area contributed by atoms with Gasteiger partial charge in [-0.15, -0.1) is 0 Å². The van der Waals surface area contributed by atoms with Crippen LogP contribution < -0.4 is 4.90 Å². The summed E-state index contributed by atoms with van der Waals surface area (Å²) in [6.45, 7) is 1.30. The Bertz CT molecular complexity index is 1300. The normalized spacial score (nSPS) is 12.7. The van der Waals surface area contributed by atoms with Gasteiger partial charge in [-0.05, 0) is 55.0 Å². The first-order chi connectivity index (χ1) is 15.3. The standard InChI is InChI=1S/C24H15Cl2NO5/c1-13-6-8-15(11-20(13)26)27-22(29)16-9-7-14(10-18(16)23(27)30)24(31)32-12-21(28)17-4-2-3-5-19(17)25/h2-11H,12H2,1H3. The minimum atomic E-state index is -0.801. The van der Waals surface area contributed by atoms with E-state index in [1.54, 1.807) is 30.3 Å². The number of carbonyl (C=O) groups is 4. The highest BCUT2D eigenvalue weighted by Crippen LogP contribution is 2.31. The van der Waals surface area contributed by atoms with Gasteiger partial charge < -0.3 is 4.74 Å². The Kier molecular flexibility index (Phi) is 5.82. The lowest BCUT2D eigenvalue weighted by Crippen LogP contribution is -2.29. The molecule has 1 aliphatic heterocycles. The molecule has 0 N–H and O–H groups in total. The summed E-state index contributed by atoms with van der Waals surface area (Å²) >= 11 is 12.1. The Morgan fingerprint density at radius 3 is 2.31 bits per heavy atom. The Morgan fingerprint density at radius 1 is 0.875 bits per heavy atom. The van der Waals surface area contributed by atoms with Crippen LogP contribution in [0.15, 0.2) is 60.7 Å². The highest BCUT2D eigenvalue weighted by molar-refractivity contribution is 6.36. The number of amides is 2. The number of esters is 1. The van der Waals surface area contributed by atoms with Crippen molar-refractivity contribution in [3.8, 4) is 0 Å². The SMILES string of the molecule is Cc1ccc(N2C(=O)c3ccc(C(=O)OCC(=O)c4ccccc4Cl)cc3C2=O)cc1Cl. The van der Waals surface area contributed by atoms with E-state index in [1.807, 2.05) is 6.92 Å². The van der Waals surface area contributed by atoms with Gasteiger partial charge in [0.2, 0.25) is 5.78 Å². The van der Waals surface area contributed by atoms with Crippen molar-refractivity contribution in [1.82, 2.24) is 0 Å². The summed E-state index contributed by atoms with van der Waals surface area (Å²) in [5, 5.41) is 0.679. The van der Waals surface area contributed by atoms with E-state index < -0.39 is 30.2 Å². The lowest BCUT2D eigenvalue weighted by molar-refractivity contribution is 0.0474. The molecule has 8 heteroatoms. The average Bonchev–Trinajstić information content (AvgIpc) is 3.03. The van der Waals surface area contributed by atoms with E-state index in [0.29, 0.717) is 10.7 Å². The predicted molar refractivity (Wildman–Crippen MR) is 120 cm³/mol. The second kappa shape index (κ2) is 8.57. The summed E-state index contributed by atoms with van der Waals surface area (Å²) in [6, 6.07) is 15.3. The molecule has 0 bridgehead atoms. The number of hydrogen-bond acceptors (Lipinski definition) is 5. The molecule has 1 heterocycles. The fraction of sp³-hybridized carbons (Fsp3) is 0.0833. The summed E-state index contributed by atoms with van der Waals surface area (Å²) in [5.74, 6) is -2.35. The third kappa shape index (κ3) is 3.90. The first-order valence-electron chi connectivity index (χ1n) is 9.52. The van der Waals surface area contributed by atoms with Crippen molar-refractivity contribution in [2.45, 2.75) is 6.92 Å². The quantitative estimate of drug-likeness (QED) is 0.294. The minimum Gasteiger partial charge on any atom is -0.454 e. The number of imide groups is 1. The topological polar surface area (TPSA) is 80.8 Å². The van der Waals surface area contributed by atoms with Crippen molar-refractivity contribution in [3.63, 3.8) is 0 Å². The number of anilines is 1.